The molecule has 0 saturated heterocycles. The van der Waals surface area contributed by atoms with Crippen LogP contribution in [0.4, 0.5) is 0 Å². The second kappa shape index (κ2) is 11.5. The fourth-order valence-electron chi connectivity index (χ4n) is 2.50. The molecule has 0 aromatic rings. The van der Waals surface area contributed by atoms with E-state index in [-0.39, 0.29) is 24.3 Å². The van der Waals surface area contributed by atoms with Crippen molar-refractivity contribution in [3.05, 3.63) is 0 Å². The third-order valence-electron chi connectivity index (χ3n) is 4.02. The molecule has 9 heteroatoms. The second-order valence-corrected chi connectivity index (χ2v) is 7.75. The zero-order valence-electron chi connectivity index (χ0n) is 17.0. The van der Waals surface area contributed by atoms with Crippen molar-refractivity contribution in [2.45, 2.75) is 66.1 Å². The molecule has 0 rings (SSSR count). The Bertz CT molecular complexity index is 534. The fourth-order valence-corrected chi connectivity index (χ4v) is 2.50. The predicted molar refractivity (Wildman–Crippen MR) is 102 cm³/mol. The fraction of sp³-hybridized carbons (Fsp3) is 0.778. The van der Waals surface area contributed by atoms with Gasteiger partial charge in [0.25, 0.3) is 0 Å². The number of carboxylic acids is 1. The molecule has 156 valence electrons. The van der Waals surface area contributed by atoms with Gasteiger partial charge in [-0.15, -0.1) is 0 Å². The highest BCUT2D eigenvalue weighted by Crippen LogP contribution is 2.09. The molecular weight excluding hydrogens is 352 g/mol. The van der Waals surface area contributed by atoms with Crippen LogP contribution >= 0.6 is 0 Å². The first kappa shape index (κ1) is 24.8. The summed E-state index contributed by atoms with van der Waals surface area (Å²) in [6.07, 6.45) is 0.383. The van der Waals surface area contributed by atoms with Crippen LogP contribution < -0.4 is 21.7 Å². The van der Waals surface area contributed by atoms with Crippen molar-refractivity contribution in [2.75, 3.05) is 6.54 Å². The highest BCUT2D eigenvalue weighted by atomic mass is 16.4. The van der Waals surface area contributed by atoms with Crippen LogP contribution in [0.1, 0.15) is 48.0 Å². The van der Waals surface area contributed by atoms with Crippen LogP contribution in [0, 0.1) is 17.8 Å². The number of carboxylic acid groups (broad SMARTS) is 1. The molecule has 0 fully saturated rings. The maximum absolute atomic E-state index is 12.6. The van der Waals surface area contributed by atoms with Crippen LogP contribution in [0.3, 0.4) is 0 Å². The lowest BCUT2D eigenvalue weighted by molar-refractivity contribution is -0.143. The number of hydrogen-bond donors (Lipinski definition) is 5. The van der Waals surface area contributed by atoms with Crippen molar-refractivity contribution in [1.29, 1.82) is 0 Å². The van der Waals surface area contributed by atoms with Crippen molar-refractivity contribution in [3.8, 4) is 0 Å². The largest absolute Gasteiger partial charge is 0.480 e. The number of carbonyl (C=O) groups is 4. The molecule has 0 saturated carbocycles. The van der Waals surface area contributed by atoms with Crippen LogP contribution in [-0.2, 0) is 19.2 Å². The summed E-state index contributed by atoms with van der Waals surface area (Å²) in [6, 6.07) is -2.81. The molecule has 9 nitrogen and oxygen atoms in total. The van der Waals surface area contributed by atoms with Gasteiger partial charge in [-0.25, -0.2) is 4.79 Å². The number of nitrogens with one attached hydrogen (secondary N) is 3. The molecule has 0 aromatic carbocycles. The van der Waals surface area contributed by atoms with Gasteiger partial charge in [-0.2, -0.15) is 0 Å². The van der Waals surface area contributed by atoms with E-state index in [9.17, 15) is 24.3 Å². The summed E-state index contributed by atoms with van der Waals surface area (Å²) in [5.41, 5.74) is 5.30. The predicted octanol–water partition coefficient (Wildman–Crippen LogP) is -0.158. The van der Waals surface area contributed by atoms with E-state index in [1.807, 2.05) is 13.8 Å². The highest BCUT2D eigenvalue weighted by molar-refractivity contribution is 5.93. The van der Waals surface area contributed by atoms with E-state index in [0.717, 1.165) is 0 Å². The van der Waals surface area contributed by atoms with Gasteiger partial charge in [0.15, 0.2) is 0 Å². The van der Waals surface area contributed by atoms with Crippen LogP contribution in [0.5, 0.6) is 0 Å². The quantitative estimate of drug-likeness (QED) is 0.333. The van der Waals surface area contributed by atoms with Gasteiger partial charge in [0.05, 0.1) is 6.54 Å². The molecule has 0 aliphatic heterocycles. The van der Waals surface area contributed by atoms with Gasteiger partial charge in [-0.1, -0.05) is 41.5 Å². The zero-order valence-corrected chi connectivity index (χ0v) is 17.0. The van der Waals surface area contributed by atoms with Gasteiger partial charge < -0.3 is 26.8 Å². The minimum absolute atomic E-state index is 0.127. The average Bonchev–Trinajstić information content (AvgIpc) is 2.54. The lowest BCUT2D eigenvalue weighted by Crippen LogP contribution is -2.58. The Balaban J connectivity index is 5.28. The molecule has 0 radical (unpaired) electrons. The molecule has 0 heterocycles. The Morgan fingerprint density at radius 2 is 1.30 bits per heavy atom. The summed E-state index contributed by atoms with van der Waals surface area (Å²) in [6.45, 7) is 10.4. The first-order valence-electron chi connectivity index (χ1n) is 9.23. The van der Waals surface area contributed by atoms with Crippen LogP contribution in [0.15, 0.2) is 0 Å². The zero-order chi connectivity index (χ0) is 21.3. The molecular formula is C18H34N4O5. The molecule has 3 unspecified atom stereocenters. The van der Waals surface area contributed by atoms with E-state index < -0.39 is 41.8 Å². The summed E-state index contributed by atoms with van der Waals surface area (Å²) in [7, 11) is 0. The minimum Gasteiger partial charge on any atom is -0.480 e. The number of rotatable bonds is 11. The number of carbonyl (C=O) groups excluding carboxylic acids is 3. The molecule has 3 amide bonds. The van der Waals surface area contributed by atoms with Crippen molar-refractivity contribution >= 4 is 23.7 Å². The maximum atomic E-state index is 12.6. The van der Waals surface area contributed by atoms with Crippen molar-refractivity contribution in [3.63, 3.8) is 0 Å². The standard InChI is InChI=1S/C18H34N4O5/c1-9(2)7-12(20-13(23)8-19)16(24)21-14(10(3)4)17(25)22-15(11(5)6)18(26)27/h9-12,14-15H,7-8,19H2,1-6H3,(H,20,23)(H,21,24)(H,22,25)(H,26,27). The van der Waals surface area contributed by atoms with E-state index in [4.69, 9.17) is 5.73 Å². The van der Waals surface area contributed by atoms with Crippen molar-refractivity contribution < 1.29 is 24.3 Å². The van der Waals surface area contributed by atoms with Gasteiger partial charge >= 0.3 is 5.97 Å². The first-order valence-corrected chi connectivity index (χ1v) is 9.23. The van der Waals surface area contributed by atoms with Crippen LogP contribution in [-0.4, -0.2) is 53.5 Å². The van der Waals surface area contributed by atoms with Gasteiger partial charge in [0.1, 0.15) is 18.1 Å². The monoisotopic (exact) mass is 386 g/mol. The number of hydrogen-bond acceptors (Lipinski definition) is 5. The second-order valence-electron chi connectivity index (χ2n) is 7.75. The Morgan fingerprint density at radius 1 is 0.815 bits per heavy atom. The van der Waals surface area contributed by atoms with Crippen LogP contribution in [0.2, 0.25) is 0 Å². The summed E-state index contributed by atoms with van der Waals surface area (Å²) in [5, 5.41) is 16.9. The maximum Gasteiger partial charge on any atom is 0.326 e. The average molecular weight is 386 g/mol. The highest BCUT2D eigenvalue weighted by Gasteiger charge is 2.32. The van der Waals surface area contributed by atoms with Crippen molar-refractivity contribution in [1.82, 2.24) is 16.0 Å². The Morgan fingerprint density at radius 3 is 1.67 bits per heavy atom. The van der Waals surface area contributed by atoms with Gasteiger partial charge in [-0.3, -0.25) is 14.4 Å². The molecule has 27 heavy (non-hydrogen) atoms. The molecule has 0 aliphatic carbocycles. The van der Waals surface area contributed by atoms with Crippen LogP contribution in [0.25, 0.3) is 0 Å². The Kier molecular flexibility index (Phi) is 10.6. The molecule has 0 bridgehead atoms. The van der Waals surface area contributed by atoms with E-state index in [0.29, 0.717) is 6.42 Å². The summed E-state index contributed by atoms with van der Waals surface area (Å²) in [5.74, 6) is -3.15. The molecule has 0 spiro atoms. The van der Waals surface area contributed by atoms with E-state index >= 15 is 0 Å². The number of amides is 3. The molecule has 3 atom stereocenters. The van der Waals surface area contributed by atoms with Gasteiger partial charge in [-0.05, 0) is 24.2 Å². The number of aliphatic carboxylic acids is 1. The van der Waals surface area contributed by atoms with Crippen molar-refractivity contribution in [2.24, 2.45) is 23.5 Å². The third-order valence-corrected chi connectivity index (χ3v) is 4.02. The van der Waals surface area contributed by atoms with E-state index in [1.54, 1.807) is 27.7 Å². The summed E-state index contributed by atoms with van der Waals surface area (Å²) in [4.78, 5) is 48.1. The third kappa shape index (κ3) is 8.85. The van der Waals surface area contributed by atoms with E-state index in [1.165, 1.54) is 0 Å². The number of nitrogens with two attached hydrogens (primary N) is 1. The normalized spacial score (nSPS) is 14.6. The van der Waals surface area contributed by atoms with Gasteiger partial charge in [0, 0.05) is 0 Å². The first-order chi connectivity index (χ1) is 12.4. The minimum atomic E-state index is -1.14. The summed E-state index contributed by atoms with van der Waals surface area (Å²) < 4.78 is 0. The van der Waals surface area contributed by atoms with Gasteiger partial charge in [0.2, 0.25) is 17.7 Å². The molecule has 6 N–H and O–H groups in total. The lowest BCUT2D eigenvalue weighted by atomic mass is 9.98. The topological polar surface area (TPSA) is 151 Å². The SMILES string of the molecule is CC(C)CC(NC(=O)CN)C(=O)NC(C(=O)NC(C(=O)O)C(C)C)C(C)C. The Hall–Kier alpha value is -2.16. The smallest absolute Gasteiger partial charge is 0.326 e. The summed E-state index contributed by atoms with van der Waals surface area (Å²) >= 11 is 0. The molecule has 0 aliphatic rings. The Labute approximate surface area is 160 Å². The molecule has 0 aromatic heterocycles. The lowest BCUT2D eigenvalue weighted by Gasteiger charge is -2.28. The van der Waals surface area contributed by atoms with E-state index in [2.05, 4.69) is 16.0 Å².